The van der Waals surface area contributed by atoms with E-state index in [0.717, 1.165) is 4.90 Å². The molecule has 0 unspecified atom stereocenters. The van der Waals surface area contributed by atoms with Crippen LogP contribution in [-0.2, 0) is 9.59 Å². The average Bonchev–Trinajstić information content (AvgIpc) is 2.63. The van der Waals surface area contributed by atoms with Gasteiger partial charge in [0.15, 0.2) is 6.61 Å². The number of fused-ring (bicyclic) bond motifs is 1. The van der Waals surface area contributed by atoms with Gasteiger partial charge in [-0.3, -0.25) is 24.6 Å². The number of hydrogen-bond acceptors (Lipinski definition) is 5. The summed E-state index contributed by atoms with van der Waals surface area (Å²) < 4.78 is 5.26. The number of ether oxygens (including phenoxy) is 1. The molecule has 0 radical (unpaired) electrons. The molecule has 8 nitrogen and oxygen atoms in total. The number of nitrogens with one attached hydrogen (secondary N) is 1. The van der Waals surface area contributed by atoms with Crippen LogP contribution in [0.3, 0.4) is 0 Å². The normalized spacial score (nSPS) is 12.6. The second-order valence-electron chi connectivity index (χ2n) is 5.45. The molecule has 0 atom stereocenters. The third kappa shape index (κ3) is 3.47. The Labute approximate surface area is 148 Å². The molecule has 0 aromatic heterocycles. The summed E-state index contributed by atoms with van der Waals surface area (Å²) in [7, 11) is 0. The van der Waals surface area contributed by atoms with Gasteiger partial charge >= 0.3 is 0 Å². The minimum atomic E-state index is -0.580. The zero-order valence-electron chi connectivity index (χ0n) is 13.5. The van der Waals surface area contributed by atoms with Crippen molar-refractivity contribution in [3.63, 3.8) is 0 Å². The molecule has 1 aliphatic heterocycles. The van der Waals surface area contributed by atoms with Gasteiger partial charge in [-0.2, -0.15) is 0 Å². The standard InChI is InChI=1S/C18H13N3O5/c1-2-12-4-3-5-13(8-12)19-17(22)10-20-15-9-14(21(24)25)6-7-16(15)26-11-18(20)23/h1,3-9H,10-11H2,(H,19,22). The minimum Gasteiger partial charge on any atom is -0.482 e. The summed E-state index contributed by atoms with van der Waals surface area (Å²) in [5.74, 6) is 1.83. The second-order valence-corrected chi connectivity index (χ2v) is 5.45. The van der Waals surface area contributed by atoms with E-state index in [9.17, 15) is 19.7 Å². The number of nitro benzene ring substituents is 1. The van der Waals surface area contributed by atoms with Gasteiger partial charge in [-0.1, -0.05) is 12.0 Å². The fourth-order valence-corrected chi connectivity index (χ4v) is 2.51. The highest BCUT2D eigenvalue weighted by atomic mass is 16.6. The van der Waals surface area contributed by atoms with Crippen LogP contribution in [-0.4, -0.2) is 29.9 Å². The highest BCUT2D eigenvalue weighted by molar-refractivity contribution is 6.05. The Balaban J connectivity index is 1.82. The van der Waals surface area contributed by atoms with Crippen LogP contribution >= 0.6 is 0 Å². The second kappa shape index (κ2) is 6.94. The van der Waals surface area contributed by atoms with E-state index in [1.54, 1.807) is 24.3 Å². The Morgan fingerprint density at radius 2 is 2.15 bits per heavy atom. The lowest BCUT2D eigenvalue weighted by Crippen LogP contribution is -2.43. The van der Waals surface area contributed by atoms with Gasteiger partial charge in [-0.25, -0.2) is 0 Å². The minimum absolute atomic E-state index is 0.183. The lowest BCUT2D eigenvalue weighted by molar-refractivity contribution is -0.384. The Hall–Kier alpha value is -3.86. The maximum Gasteiger partial charge on any atom is 0.271 e. The maximum absolute atomic E-state index is 12.3. The van der Waals surface area contributed by atoms with Crippen molar-refractivity contribution in [3.8, 4) is 18.1 Å². The number of hydrogen-bond donors (Lipinski definition) is 1. The first-order chi connectivity index (χ1) is 12.5. The number of nitro groups is 1. The predicted octanol–water partition coefficient (Wildman–Crippen LogP) is 1.94. The molecular weight excluding hydrogens is 338 g/mol. The number of carbonyl (C=O) groups excluding carboxylic acids is 2. The molecule has 2 amide bonds. The fraction of sp³-hybridized carbons (Fsp3) is 0.111. The molecule has 8 heteroatoms. The van der Waals surface area contributed by atoms with Crippen LogP contribution in [0.2, 0.25) is 0 Å². The van der Waals surface area contributed by atoms with Crippen molar-refractivity contribution in [3.05, 3.63) is 58.1 Å². The molecule has 0 saturated carbocycles. The van der Waals surface area contributed by atoms with Crippen LogP contribution in [0.5, 0.6) is 5.75 Å². The van der Waals surface area contributed by atoms with Gasteiger partial charge in [0.2, 0.25) is 5.91 Å². The number of benzene rings is 2. The summed E-state index contributed by atoms with van der Waals surface area (Å²) in [5.41, 5.74) is 1.08. The first-order valence-corrected chi connectivity index (χ1v) is 7.56. The number of nitrogens with zero attached hydrogens (tertiary/aromatic N) is 2. The molecular formula is C18H13N3O5. The number of anilines is 2. The highest BCUT2D eigenvalue weighted by Gasteiger charge is 2.29. The first kappa shape index (κ1) is 17.0. The zero-order chi connectivity index (χ0) is 18.7. The van der Waals surface area contributed by atoms with Gasteiger partial charge in [0.25, 0.3) is 11.6 Å². The number of carbonyl (C=O) groups is 2. The molecule has 2 aromatic carbocycles. The quantitative estimate of drug-likeness (QED) is 0.515. The lowest BCUT2D eigenvalue weighted by Gasteiger charge is -2.28. The van der Waals surface area contributed by atoms with E-state index in [1.807, 2.05) is 0 Å². The van der Waals surface area contributed by atoms with Crippen LogP contribution in [0.1, 0.15) is 5.56 Å². The number of terminal acetylenes is 1. The van der Waals surface area contributed by atoms with E-state index in [2.05, 4.69) is 11.2 Å². The predicted molar refractivity (Wildman–Crippen MR) is 94.0 cm³/mol. The fourth-order valence-electron chi connectivity index (χ4n) is 2.51. The van der Waals surface area contributed by atoms with Crippen molar-refractivity contribution >= 4 is 28.9 Å². The maximum atomic E-state index is 12.3. The molecule has 1 aliphatic rings. The van der Waals surface area contributed by atoms with Crippen molar-refractivity contribution in [1.82, 2.24) is 0 Å². The van der Waals surface area contributed by atoms with Gasteiger partial charge in [-0.15, -0.1) is 6.42 Å². The van der Waals surface area contributed by atoms with E-state index in [0.29, 0.717) is 17.0 Å². The van der Waals surface area contributed by atoms with E-state index >= 15 is 0 Å². The summed E-state index contributed by atoms with van der Waals surface area (Å²) in [6.45, 7) is -0.554. The molecule has 130 valence electrons. The number of non-ortho nitro benzene ring substituents is 1. The molecule has 0 spiro atoms. The third-order valence-electron chi connectivity index (χ3n) is 3.71. The molecule has 1 N–H and O–H groups in total. The van der Waals surface area contributed by atoms with E-state index < -0.39 is 16.7 Å². The van der Waals surface area contributed by atoms with Crippen molar-refractivity contribution < 1.29 is 19.2 Å². The summed E-state index contributed by atoms with van der Waals surface area (Å²) in [4.78, 5) is 36.0. The Kier molecular flexibility index (Phi) is 4.53. The van der Waals surface area contributed by atoms with Crippen LogP contribution in [0.4, 0.5) is 17.1 Å². The molecule has 0 bridgehead atoms. The van der Waals surface area contributed by atoms with Gasteiger partial charge in [0.05, 0.1) is 10.6 Å². The van der Waals surface area contributed by atoms with Crippen molar-refractivity contribution in [2.24, 2.45) is 0 Å². The van der Waals surface area contributed by atoms with Crippen molar-refractivity contribution in [2.75, 3.05) is 23.4 Å². The summed E-state index contributed by atoms with van der Waals surface area (Å²) >= 11 is 0. The average molecular weight is 351 g/mol. The Morgan fingerprint density at radius 3 is 2.88 bits per heavy atom. The topological polar surface area (TPSA) is 102 Å². The zero-order valence-corrected chi connectivity index (χ0v) is 13.5. The molecule has 0 aliphatic carbocycles. The van der Waals surface area contributed by atoms with Gasteiger partial charge in [0, 0.05) is 23.4 Å². The lowest BCUT2D eigenvalue weighted by atomic mass is 10.2. The van der Waals surface area contributed by atoms with E-state index in [1.165, 1.54) is 18.2 Å². The van der Waals surface area contributed by atoms with Crippen LogP contribution < -0.4 is 15.0 Å². The van der Waals surface area contributed by atoms with Crippen LogP contribution in [0.25, 0.3) is 0 Å². The van der Waals surface area contributed by atoms with Crippen LogP contribution in [0.15, 0.2) is 42.5 Å². The number of amides is 2. The summed E-state index contributed by atoms with van der Waals surface area (Å²) in [6, 6.07) is 10.6. The molecule has 3 rings (SSSR count). The Morgan fingerprint density at radius 1 is 1.35 bits per heavy atom. The summed E-state index contributed by atoms with van der Waals surface area (Å²) in [5, 5.41) is 13.6. The monoisotopic (exact) mass is 351 g/mol. The molecule has 0 fully saturated rings. The third-order valence-corrected chi connectivity index (χ3v) is 3.71. The highest BCUT2D eigenvalue weighted by Crippen LogP contribution is 2.35. The van der Waals surface area contributed by atoms with Crippen molar-refractivity contribution in [1.29, 1.82) is 0 Å². The number of rotatable bonds is 4. The molecule has 1 heterocycles. The van der Waals surface area contributed by atoms with E-state index in [-0.39, 0.29) is 24.5 Å². The smallest absolute Gasteiger partial charge is 0.271 e. The van der Waals surface area contributed by atoms with Crippen LogP contribution in [0, 0.1) is 22.5 Å². The molecule has 2 aromatic rings. The van der Waals surface area contributed by atoms with Gasteiger partial charge in [0.1, 0.15) is 12.3 Å². The summed E-state index contributed by atoms with van der Waals surface area (Å²) in [6.07, 6.45) is 5.32. The van der Waals surface area contributed by atoms with Gasteiger partial charge < -0.3 is 10.1 Å². The SMILES string of the molecule is C#Cc1cccc(NC(=O)CN2C(=O)COc3ccc([N+](=O)[O-])cc32)c1. The van der Waals surface area contributed by atoms with E-state index in [4.69, 9.17) is 11.2 Å². The Bertz CT molecular complexity index is 948. The van der Waals surface area contributed by atoms with Crippen molar-refractivity contribution in [2.45, 2.75) is 0 Å². The first-order valence-electron chi connectivity index (χ1n) is 7.56. The van der Waals surface area contributed by atoms with Gasteiger partial charge in [-0.05, 0) is 24.3 Å². The largest absolute Gasteiger partial charge is 0.482 e. The molecule has 26 heavy (non-hydrogen) atoms. The molecule has 0 saturated heterocycles.